The van der Waals surface area contributed by atoms with Gasteiger partial charge in [0.05, 0.1) is 5.56 Å². The lowest BCUT2D eigenvalue weighted by Crippen LogP contribution is -2.33. The van der Waals surface area contributed by atoms with E-state index in [-0.39, 0.29) is 6.04 Å². The summed E-state index contributed by atoms with van der Waals surface area (Å²) >= 11 is 0. The Morgan fingerprint density at radius 2 is 1.68 bits per heavy atom. The van der Waals surface area contributed by atoms with Crippen molar-refractivity contribution in [3.63, 3.8) is 0 Å². The fourth-order valence-electron chi connectivity index (χ4n) is 2.17. The van der Waals surface area contributed by atoms with Crippen molar-refractivity contribution in [2.45, 2.75) is 26.1 Å². The lowest BCUT2D eigenvalue weighted by molar-refractivity contribution is -0.137. The maximum atomic E-state index is 12.5. The second kappa shape index (κ2) is 6.39. The molecule has 0 heterocycles. The number of benzene rings is 1. The summed E-state index contributed by atoms with van der Waals surface area (Å²) in [6, 6.07) is 5.20. The fraction of sp³-hybridized carbons (Fsp3) is 0.571. The predicted molar refractivity (Wildman–Crippen MR) is 70.7 cm³/mol. The van der Waals surface area contributed by atoms with Crippen molar-refractivity contribution in [3.05, 3.63) is 35.4 Å². The van der Waals surface area contributed by atoms with Gasteiger partial charge in [0.1, 0.15) is 0 Å². The molecule has 19 heavy (non-hydrogen) atoms. The van der Waals surface area contributed by atoms with Gasteiger partial charge < -0.3 is 5.73 Å². The molecule has 0 amide bonds. The Morgan fingerprint density at radius 1 is 1.16 bits per heavy atom. The third-order valence-corrected chi connectivity index (χ3v) is 3.03. The zero-order chi connectivity index (χ0) is 14.6. The summed E-state index contributed by atoms with van der Waals surface area (Å²) < 4.78 is 37.5. The van der Waals surface area contributed by atoms with Crippen LogP contribution in [-0.2, 0) is 6.18 Å². The Morgan fingerprint density at radius 3 is 2.05 bits per heavy atom. The second-order valence-electron chi connectivity index (χ2n) is 5.20. The number of hydrogen-bond acceptors (Lipinski definition) is 2. The number of halogens is 3. The van der Waals surface area contributed by atoms with E-state index >= 15 is 0 Å². The highest BCUT2D eigenvalue weighted by atomic mass is 19.4. The normalized spacial score (nSPS) is 14.2. The maximum Gasteiger partial charge on any atom is 0.416 e. The Balaban J connectivity index is 2.88. The van der Waals surface area contributed by atoms with E-state index in [4.69, 9.17) is 5.73 Å². The SMILES string of the molecule is CC(C)CN(C)C(CN)c1ccc(C(F)(F)F)cc1. The first kappa shape index (κ1) is 16.0. The number of likely N-dealkylation sites (N-methyl/N-ethyl adjacent to an activating group) is 1. The molecule has 0 saturated carbocycles. The molecule has 1 unspecified atom stereocenters. The van der Waals surface area contributed by atoms with Gasteiger partial charge in [0, 0.05) is 19.1 Å². The number of rotatable bonds is 5. The molecule has 0 radical (unpaired) electrons. The van der Waals surface area contributed by atoms with E-state index in [0.717, 1.165) is 24.2 Å². The summed E-state index contributed by atoms with van der Waals surface area (Å²) in [5.74, 6) is 0.480. The third-order valence-electron chi connectivity index (χ3n) is 3.03. The van der Waals surface area contributed by atoms with Gasteiger partial charge in [0.25, 0.3) is 0 Å². The molecule has 1 aromatic rings. The van der Waals surface area contributed by atoms with Crippen LogP contribution in [0.2, 0.25) is 0 Å². The molecular weight excluding hydrogens is 253 g/mol. The molecule has 108 valence electrons. The van der Waals surface area contributed by atoms with Gasteiger partial charge in [-0.3, -0.25) is 4.90 Å². The van der Waals surface area contributed by atoms with E-state index in [1.54, 1.807) is 0 Å². The van der Waals surface area contributed by atoms with Crippen LogP contribution in [0.1, 0.15) is 31.0 Å². The van der Waals surface area contributed by atoms with E-state index in [1.165, 1.54) is 12.1 Å². The first-order valence-electron chi connectivity index (χ1n) is 6.33. The van der Waals surface area contributed by atoms with Gasteiger partial charge in [-0.05, 0) is 30.7 Å². The van der Waals surface area contributed by atoms with Crippen LogP contribution in [0.4, 0.5) is 13.2 Å². The largest absolute Gasteiger partial charge is 0.416 e. The molecule has 5 heteroatoms. The van der Waals surface area contributed by atoms with Gasteiger partial charge in [-0.2, -0.15) is 13.2 Å². The van der Waals surface area contributed by atoms with Crippen LogP contribution in [0.15, 0.2) is 24.3 Å². The molecule has 0 fully saturated rings. The van der Waals surface area contributed by atoms with E-state index in [1.807, 2.05) is 7.05 Å². The Bertz CT molecular complexity index is 385. The summed E-state index contributed by atoms with van der Waals surface area (Å²) in [5, 5.41) is 0. The molecule has 0 aliphatic heterocycles. The van der Waals surface area contributed by atoms with Gasteiger partial charge in [-0.25, -0.2) is 0 Å². The van der Waals surface area contributed by atoms with Crippen LogP contribution in [0.5, 0.6) is 0 Å². The van der Waals surface area contributed by atoms with Crippen molar-refractivity contribution in [3.8, 4) is 0 Å². The van der Waals surface area contributed by atoms with Crippen molar-refractivity contribution in [1.82, 2.24) is 4.90 Å². The molecule has 1 rings (SSSR count). The molecule has 1 atom stereocenters. The molecule has 0 saturated heterocycles. The van der Waals surface area contributed by atoms with Crippen LogP contribution >= 0.6 is 0 Å². The molecule has 0 spiro atoms. The standard InChI is InChI=1S/C14H21F3N2/c1-10(2)9-19(3)13(8-18)11-4-6-12(7-5-11)14(15,16)17/h4-7,10,13H,8-9,18H2,1-3H3. The number of hydrogen-bond donors (Lipinski definition) is 1. The third kappa shape index (κ3) is 4.51. The molecule has 0 aliphatic carbocycles. The minimum absolute atomic E-state index is 0.0512. The zero-order valence-corrected chi connectivity index (χ0v) is 11.5. The summed E-state index contributed by atoms with van der Waals surface area (Å²) in [6.45, 7) is 5.42. The smallest absolute Gasteiger partial charge is 0.329 e. The Hall–Kier alpha value is -1.07. The first-order chi connectivity index (χ1) is 8.75. The topological polar surface area (TPSA) is 29.3 Å². The lowest BCUT2D eigenvalue weighted by atomic mass is 10.0. The van der Waals surface area contributed by atoms with E-state index < -0.39 is 11.7 Å². The number of nitrogens with two attached hydrogens (primary N) is 1. The average molecular weight is 274 g/mol. The van der Waals surface area contributed by atoms with Crippen molar-refractivity contribution in [1.29, 1.82) is 0 Å². The summed E-state index contributed by atoms with van der Waals surface area (Å²) in [6.07, 6.45) is -4.29. The summed E-state index contributed by atoms with van der Waals surface area (Å²) in [7, 11) is 1.94. The van der Waals surface area contributed by atoms with E-state index in [9.17, 15) is 13.2 Å². The number of nitrogens with zero attached hydrogens (tertiary/aromatic N) is 1. The highest BCUT2D eigenvalue weighted by Crippen LogP contribution is 2.30. The molecule has 2 N–H and O–H groups in total. The highest BCUT2D eigenvalue weighted by molar-refractivity contribution is 5.27. The van der Waals surface area contributed by atoms with Gasteiger partial charge in [-0.1, -0.05) is 26.0 Å². The number of alkyl halides is 3. The Kier molecular flexibility index (Phi) is 5.38. The predicted octanol–water partition coefficient (Wildman–Crippen LogP) is 3.29. The van der Waals surface area contributed by atoms with Gasteiger partial charge >= 0.3 is 6.18 Å². The van der Waals surface area contributed by atoms with Crippen molar-refractivity contribution >= 4 is 0 Å². The lowest BCUT2D eigenvalue weighted by Gasteiger charge is -2.29. The van der Waals surface area contributed by atoms with E-state index in [0.29, 0.717) is 12.5 Å². The van der Waals surface area contributed by atoms with Crippen LogP contribution in [0.25, 0.3) is 0 Å². The molecule has 2 nitrogen and oxygen atoms in total. The fourth-order valence-corrected chi connectivity index (χ4v) is 2.17. The summed E-state index contributed by atoms with van der Waals surface area (Å²) in [4.78, 5) is 2.08. The molecule has 0 aliphatic rings. The van der Waals surface area contributed by atoms with Crippen LogP contribution < -0.4 is 5.73 Å². The van der Waals surface area contributed by atoms with Gasteiger partial charge in [0.15, 0.2) is 0 Å². The quantitative estimate of drug-likeness (QED) is 0.892. The molecular formula is C14H21F3N2. The van der Waals surface area contributed by atoms with Crippen molar-refractivity contribution < 1.29 is 13.2 Å². The van der Waals surface area contributed by atoms with Crippen molar-refractivity contribution in [2.24, 2.45) is 11.7 Å². The first-order valence-corrected chi connectivity index (χ1v) is 6.33. The van der Waals surface area contributed by atoms with Crippen LogP contribution in [0, 0.1) is 5.92 Å². The minimum Gasteiger partial charge on any atom is -0.329 e. The molecule has 0 aromatic heterocycles. The minimum atomic E-state index is -4.29. The monoisotopic (exact) mass is 274 g/mol. The van der Waals surface area contributed by atoms with Gasteiger partial charge in [0.2, 0.25) is 0 Å². The zero-order valence-electron chi connectivity index (χ0n) is 11.5. The second-order valence-corrected chi connectivity index (χ2v) is 5.20. The van der Waals surface area contributed by atoms with Crippen molar-refractivity contribution in [2.75, 3.05) is 20.1 Å². The molecule has 1 aromatic carbocycles. The van der Waals surface area contributed by atoms with Gasteiger partial charge in [-0.15, -0.1) is 0 Å². The summed E-state index contributed by atoms with van der Waals surface area (Å²) in [5.41, 5.74) is 5.93. The molecule has 0 bridgehead atoms. The Labute approximate surface area is 112 Å². The highest BCUT2D eigenvalue weighted by Gasteiger charge is 2.30. The average Bonchev–Trinajstić information content (AvgIpc) is 2.28. The maximum absolute atomic E-state index is 12.5. The van der Waals surface area contributed by atoms with E-state index in [2.05, 4.69) is 18.7 Å². The van der Waals surface area contributed by atoms with Crippen LogP contribution in [-0.4, -0.2) is 25.0 Å². The van der Waals surface area contributed by atoms with Crippen LogP contribution in [0.3, 0.4) is 0 Å².